The topological polar surface area (TPSA) is 95.7 Å². The molecule has 0 aromatic rings. The molecule has 0 spiro atoms. The van der Waals surface area contributed by atoms with Crippen LogP contribution in [0.2, 0.25) is 0 Å². The molecule has 1 heterocycles. The molecule has 0 aliphatic carbocycles. The van der Waals surface area contributed by atoms with Crippen molar-refractivity contribution in [2.75, 3.05) is 19.6 Å². The number of piperidine rings is 1. The zero-order chi connectivity index (χ0) is 11.5. The summed E-state index contributed by atoms with van der Waals surface area (Å²) in [4.78, 5) is 23.4. The number of hydrogen-bond donors (Lipinski definition) is 3. The van der Waals surface area contributed by atoms with Gasteiger partial charge >= 0.3 is 6.03 Å². The Hall–Kier alpha value is -1.14. The number of nitrogens with one attached hydrogen (secondary N) is 1. The first-order chi connectivity index (χ1) is 6.89. The van der Waals surface area contributed by atoms with Gasteiger partial charge in [0.05, 0.1) is 12.1 Å². The van der Waals surface area contributed by atoms with Crippen molar-refractivity contribution < 1.29 is 14.7 Å². The number of amides is 3. The molecular formula is C9H17N3O3. The average Bonchev–Trinajstić information content (AvgIpc) is 1.99. The molecule has 3 amide bonds. The van der Waals surface area contributed by atoms with Gasteiger partial charge in [0.1, 0.15) is 0 Å². The van der Waals surface area contributed by atoms with Crippen molar-refractivity contribution in [2.24, 2.45) is 5.73 Å². The molecule has 1 saturated heterocycles. The fourth-order valence-corrected chi connectivity index (χ4v) is 1.84. The van der Waals surface area contributed by atoms with Crippen molar-refractivity contribution in [1.82, 2.24) is 10.2 Å². The smallest absolute Gasteiger partial charge is 0.318 e. The van der Waals surface area contributed by atoms with E-state index in [2.05, 4.69) is 0 Å². The highest BCUT2D eigenvalue weighted by Crippen LogP contribution is 2.19. The summed E-state index contributed by atoms with van der Waals surface area (Å²) in [6.45, 7) is 3.03. The van der Waals surface area contributed by atoms with Crippen molar-refractivity contribution >= 4 is 11.9 Å². The molecule has 1 aliphatic rings. The van der Waals surface area contributed by atoms with Gasteiger partial charge in [-0.2, -0.15) is 0 Å². The molecule has 1 atom stereocenters. The van der Waals surface area contributed by atoms with Crippen LogP contribution in [0.5, 0.6) is 0 Å². The van der Waals surface area contributed by atoms with Gasteiger partial charge in [-0.25, -0.2) is 4.79 Å². The summed E-state index contributed by atoms with van der Waals surface area (Å²) in [5.41, 5.74) is 4.07. The second-order valence-corrected chi connectivity index (χ2v) is 4.22. The second-order valence-electron chi connectivity index (χ2n) is 4.22. The maximum atomic E-state index is 11.2. The predicted molar refractivity (Wildman–Crippen MR) is 54.0 cm³/mol. The van der Waals surface area contributed by atoms with Gasteiger partial charge in [-0.3, -0.25) is 15.0 Å². The third-order valence-corrected chi connectivity index (χ3v) is 2.38. The number of primary amides is 1. The molecule has 0 bridgehead atoms. The summed E-state index contributed by atoms with van der Waals surface area (Å²) < 4.78 is 0. The van der Waals surface area contributed by atoms with Crippen molar-refractivity contribution in [3.63, 3.8) is 0 Å². The number of likely N-dealkylation sites (tertiary alicyclic amines) is 1. The highest BCUT2D eigenvalue weighted by Gasteiger charge is 2.29. The van der Waals surface area contributed by atoms with Crippen molar-refractivity contribution in [3.8, 4) is 0 Å². The summed E-state index contributed by atoms with van der Waals surface area (Å²) in [7, 11) is 0. The highest BCUT2D eigenvalue weighted by atomic mass is 16.3. The van der Waals surface area contributed by atoms with Gasteiger partial charge in [-0.1, -0.05) is 0 Å². The van der Waals surface area contributed by atoms with Crippen LogP contribution in [0, 0.1) is 0 Å². The van der Waals surface area contributed by atoms with Gasteiger partial charge in [0, 0.05) is 6.54 Å². The van der Waals surface area contributed by atoms with E-state index < -0.39 is 17.5 Å². The Labute approximate surface area is 88.4 Å². The van der Waals surface area contributed by atoms with Crippen LogP contribution in [0.1, 0.15) is 19.8 Å². The van der Waals surface area contributed by atoms with Gasteiger partial charge in [-0.15, -0.1) is 0 Å². The molecule has 0 radical (unpaired) electrons. The molecule has 0 aromatic heterocycles. The molecular weight excluding hydrogens is 198 g/mol. The first-order valence-electron chi connectivity index (χ1n) is 4.93. The minimum atomic E-state index is -0.844. The Morgan fingerprint density at radius 2 is 2.27 bits per heavy atom. The van der Waals surface area contributed by atoms with E-state index in [1.807, 2.05) is 10.2 Å². The van der Waals surface area contributed by atoms with E-state index in [-0.39, 0.29) is 6.54 Å². The quantitative estimate of drug-likeness (QED) is 0.552. The first-order valence-corrected chi connectivity index (χ1v) is 4.93. The summed E-state index contributed by atoms with van der Waals surface area (Å²) in [6.07, 6.45) is 1.58. The van der Waals surface area contributed by atoms with Gasteiger partial charge in [-0.05, 0) is 26.3 Å². The Morgan fingerprint density at radius 3 is 2.80 bits per heavy atom. The Balaban J connectivity index is 2.38. The van der Waals surface area contributed by atoms with E-state index in [1.165, 1.54) is 0 Å². The van der Waals surface area contributed by atoms with E-state index >= 15 is 0 Å². The van der Waals surface area contributed by atoms with Gasteiger partial charge in [0.25, 0.3) is 0 Å². The lowest BCUT2D eigenvalue weighted by Crippen LogP contribution is -2.50. The zero-order valence-electron chi connectivity index (χ0n) is 8.82. The first kappa shape index (κ1) is 11.9. The lowest BCUT2D eigenvalue weighted by molar-refractivity contribution is -0.122. The molecule has 6 nitrogen and oxygen atoms in total. The molecule has 1 unspecified atom stereocenters. The van der Waals surface area contributed by atoms with E-state index in [4.69, 9.17) is 5.73 Å². The number of β-amino-alcohol motifs (C(OH)–C–C–N with tert-alkyl or cyclic N) is 1. The number of hydrogen-bond acceptors (Lipinski definition) is 4. The summed E-state index contributed by atoms with van der Waals surface area (Å²) >= 11 is 0. The third-order valence-electron chi connectivity index (χ3n) is 2.38. The van der Waals surface area contributed by atoms with Crippen LogP contribution in [-0.2, 0) is 4.79 Å². The Bertz CT molecular complexity index is 265. The third kappa shape index (κ3) is 4.26. The number of carbonyl (C=O) groups excluding carboxylic acids is 2. The zero-order valence-corrected chi connectivity index (χ0v) is 8.82. The predicted octanol–water partition coefficient (Wildman–Crippen LogP) is -0.972. The molecule has 0 saturated carbocycles. The van der Waals surface area contributed by atoms with Crippen molar-refractivity contribution in [2.45, 2.75) is 25.4 Å². The molecule has 15 heavy (non-hydrogen) atoms. The number of nitrogens with two attached hydrogens (primary N) is 1. The molecule has 1 rings (SSSR count). The SMILES string of the molecule is CC1(O)CCCN(CC(=O)NC(N)=O)C1. The lowest BCUT2D eigenvalue weighted by Gasteiger charge is -2.36. The minimum absolute atomic E-state index is 0.0963. The second kappa shape index (κ2) is 4.59. The van der Waals surface area contributed by atoms with Crippen LogP contribution in [-0.4, -0.2) is 47.2 Å². The summed E-state index contributed by atoms with van der Waals surface area (Å²) in [5.74, 6) is -0.430. The van der Waals surface area contributed by atoms with E-state index in [0.717, 1.165) is 19.4 Å². The van der Waals surface area contributed by atoms with E-state index in [9.17, 15) is 14.7 Å². The van der Waals surface area contributed by atoms with Crippen LogP contribution in [0.25, 0.3) is 0 Å². The number of carbonyl (C=O) groups is 2. The molecule has 6 heteroatoms. The lowest BCUT2D eigenvalue weighted by atomic mass is 9.95. The normalized spacial score (nSPS) is 27.3. The maximum Gasteiger partial charge on any atom is 0.318 e. The fourth-order valence-electron chi connectivity index (χ4n) is 1.84. The van der Waals surface area contributed by atoms with Gasteiger partial charge in [0.15, 0.2) is 0 Å². The molecule has 86 valence electrons. The Kier molecular flexibility index (Phi) is 3.65. The molecule has 0 aromatic carbocycles. The number of rotatable bonds is 2. The molecule has 1 aliphatic heterocycles. The molecule has 4 N–H and O–H groups in total. The van der Waals surface area contributed by atoms with Crippen LogP contribution in [0.4, 0.5) is 4.79 Å². The average molecular weight is 215 g/mol. The largest absolute Gasteiger partial charge is 0.389 e. The number of urea groups is 1. The van der Waals surface area contributed by atoms with Crippen LogP contribution in [0.3, 0.4) is 0 Å². The number of aliphatic hydroxyl groups is 1. The van der Waals surface area contributed by atoms with E-state index in [1.54, 1.807) is 6.92 Å². The summed E-state index contributed by atoms with van der Waals surface area (Å²) in [6, 6.07) is -0.844. The highest BCUT2D eigenvalue weighted by molar-refractivity contribution is 5.94. The van der Waals surface area contributed by atoms with Gasteiger partial charge < -0.3 is 10.8 Å². The monoisotopic (exact) mass is 215 g/mol. The minimum Gasteiger partial charge on any atom is -0.389 e. The molecule has 1 fully saturated rings. The summed E-state index contributed by atoms with van der Waals surface area (Å²) in [5, 5.41) is 11.8. The van der Waals surface area contributed by atoms with Crippen molar-refractivity contribution in [1.29, 1.82) is 0 Å². The van der Waals surface area contributed by atoms with E-state index in [0.29, 0.717) is 6.54 Å². The number of imide groups is 1. The van der Waals surface area contributed by atoms with Crippen LogP contribution in [0.15, 0.2) is 0 Å². The van der Waals surface area contributed by atoms with Crippen molar-refractivity contribution in [3.05, 3.63) is 0 Å². The standard InChI is InChI=1S/C9H17N3O3/c1-9(15)3-2-4-12(6-9)5-7(13)11-8(10)14/h15H,2-6H2,1H3,(H3,10,11,13,14). The fraction of sp³-hybridized carbons (Fsp3) is 0.778. The van der Waals surface area contributed by atoms with Gasteiger partial charge in [0.2, 0.25) is 5.91 Å². The number of nitrogens with zero attached hydrogens (tertiary/aromatic N) is 1. The van der Waals surface area contributed by atoms with Crippen LogP contribution < -0.4 is 11.1 Å². The maximum absolute atomic E-state index is 11.2. The van der Waals surface area contributed by atoms with Crippen LogP contribution >= 0.6 is 0 Å². The Morgan fingerprint density at radius 1 is 1.60 bits per heavy atom.